The molecule has 0 radical (unpaired) electrons. The Morgan fingerprint density at radius 1 is 1.12 bits per heavy atom. The van der Waals surface area contributed by atoms with Crippen LogP contribution in [0.15, 0.2) is 55.1 Å². The molecule has 0 unspecified atom stereocenters. The second-order valence-electron chi connectivity index (χ2n) is 10.2. The minimum atomic E-state index is -0.0604. The lowest BCUT2D eigenvalue weighted by molar-refractivity contribution is -0.117. The number of nitrogens with zero attached hydrogens (tertiary/aromatic N) is 7. The second-order valence-corrected chi connectivity index (χ2v) is 10.2. The zero-order valence-electron chi connectivity index (χ0n) is 23.3. The van der Waals surface area contributed by atoms with Crippen molar-refractivity contribution >= 4 is 34.3 Å². The van der Waals surface area contributed by atoms with Crippen LogP contribution in [0.3, 0.4) is 0 Å². The van der Waals surface area contributed by atoms with Crippen LogP contribution >= 0.6 is 0 Å². The molecule has 1 saturated heterocycles. The Morgan fingerprint density at radius 3 is 2.68 bits per heavy atom. The van der Waals surface area contributed by atoms with Crippen molar-refractivity contribution in [2.75, 3.05) is 30.3 Å². The van der Waals surface area contributed by atoms with Gasteiger partial charge in [-0.2, -0.15) is 5.10 Å². The van der Waals surface area contributed by atoms with E-state index >= 15 is 0 Å². The Bertz CT molecular complexity index is 1650. The molecule has 41 heavy (non-hydrogen) atoms. The number of benzene rings is 1. The van der Waals surface area contributed by atoms with E-state index in [-0.39, 0.29) is 12.0 Å². The number of amides is 1. The first-order valence-electron chi connectivity index (χ1n) is 13.6. The Balaban J connectivity index is 1.12. The lowest BCUT2D eigenvalue weighted by atomic mass is 10.1. The largest absolute Gasteiger partial charge is 0.460 e. The molecule has 1 amide bonds. The van der Waals surface area contributed by atoms with Crippen molar-refractivity contribution in [3.8, 4) is 17.3 Å². The van der Waals surface area contributed by atoms with E-state index in [0.29, 0.717) is 24.3 Å². The number of carbonyl (C=O) groups is 1. The van der Waals surface area contributed by atoms with E-state index in [0.717, 1.165) is 65.0 Å². The number of anilines is 3. The van der Waals surface area contributed by atoms with Gasteiger partial charge in [0, 0.05) is 67.6 Å². The second kappa shape index (κ2) is 11.3. The third-order valence-electron chi connectivity index (χ3n) is 7.29. The monoisotopic (exact) mass is 552 g/mol. The number of aromatic nitrogens is 7. The predicted octanol–water partition coefficient (Wildman–Crippen LogP) is 3.99. The molecule has 1 aliphatic heterocycles. The minimum Gasteiger partial charge on any atom is -0.460 e. The average molecular weight is 553 g/mol. The first-order chi connectivity index (χ1) is 19.9. The Kier molecular flexibility index (Phi) is 7.30. The van der Waals surface area contributed by atoms with Crippen molar-refractivity contribution in [1.82, 2.24) is 39.6 Å². The van der Waals surface area contributed by atoms with Crippen LogP contribution in [0.2, 0.25) is 0 Å². The average Bonchev–Trinajstić information content (AvgIpc) is 3.54. The van der Waals surface area contributed by atoms with Gasteiger partial charge in [-0.1, -0.05) is 12.1 Å². The van der Waals surface area contributed by atoms with Gasteiger partial charge in [0.25, 0.3) is 0 Å². The molecule has 5 aromatic rings. The van der Waals surface area contributed by atoms with E-state index in [2.05, 4.69) is 40.6 Å². The lowest BCUT2D eigenvalue weighted by Crippen LogP contribution is -2.42. The van der Waals surface area contributed by atoms with Crippen LogP contribution in [-0.4, -0.2) is 71.2 Å². The van der Waals surface area contributed by atoms with Crippen LogP contribution < -0.4 is 15.4 Å². The molecular formula is C29H32N10O2. The molecule has 3 N–H and O–H groups in total. The van der Waals surface area contributed by atoms with Gasteiger partial charge in [-0.3, -0.25) is 14.4 Å². The van der Waals surface area contributed by atoms with Gasteiger partial charge in [-0.05, 0) is 44.4 Å². The summed E-state index contributed by atoms with van der Waals surface area (Å²) in [4.78, 5) is 36.0. The number of aryl methyl sites for hydroxylation is 3. The third-order valence-corrected chi connectivity index (χ3v) is 7.29. The van der Waals surface area contributed by atoms with Gasteiger partial charge in [0.2, 0.25) is 11.9 Å². The van der Waals surface area contributed by atoms with Crippen LogP contribution in [0.1, 0.15) is 24.1 Å². The highest BCUT2D eigenvalue weighted by Crippen LogP contribution is 2.33. The molecule has 0 spiro atoms. The summed E-state index contributed by atoms with van der Waals surface area (Å²) in [7, 11) is 1.89. The number of H-pyrrole nitrogens is 1. The molecule has 1 fully saturated rings. The molecule has 12 heteroatoms. The molecule has 4 aromatic heterocycles. The lowest BCUT2D eigenvalue weighted by Gasteiger charge is -2.31. The molecule has 0 aliphatic carbocycles. The van der Waals surface area contributed by atoms with Crippen LogP contribution in [0.4, 0.5) is 17.5 Å². The number of aromatic amines is 1. The minimum absolute atomic E-state index is 0.0526. The summed E-state index contributed by atoms with van der Waals surface area (Å²) in [6, 6.07) is 9.97. The summed E-state index contributed by atoms with van der Waals surface area (Å²) in [5.41, 5.74) is 5.28. The summed E-state index contributed by atoms with van der Waals surface area (Å²) in [5, 5.41) is 11.7. The van der Waals surface area contributed by atoms with Crippen molar-refractivity contribution < 1.29 is 9.53 Å². The van der Waals surface area contributed by atoms with E-state index in [9.17, 15) is 4.79 Å². The standard InChI is InChI=1S/C29H32N10O2/c1-18-15-33-28(35-24-14-19(2)38(3)37-24)36-26(18)22-16-32-27-21(22)6-4-7-23(27)34-25(40)17-39-12-8-20(9-13-39)41-29-30-10-5-11-31-29/h4-7,10-11,14-16,20,32H,8-9,12-13,17H2,1-3H3,(H,34,40)(H,33,35,36,37). The van der Waals surface area contributed by atoms with Gasteiger partial charge in [0.1, 0.15) is 6.10 Å². The molecule has 1 aromatic carbocycles. The SMILES string of the molecule is Cc1cnc(Nc2cc(C)n(C)n2)nc1-c1c[nH]c2c(NC(=O)CN3CCC(Oc4ncccn4)CC3)cccc12. The number of rotatable bonds is 8. The fourth-order valence-corrected chi connectivity index (χ4v) is 5.04. The topological polar surface area (TPSA) is 139 Å². The summed E-state index contributed by atoms with van der Waals surface area (Å²) >= 11 is 0. The zero-order chi connectivity index (χ0) is 28.3. The smallest absolute Gasteiger partial charge is 0.316 e. The summed E-state index contributed by atoms with van der Waals surface area (Å²) in [6.07, 6.45) is 8.74. The van der Waals surface area contributed by atoms with Crippen LogP contribution in [-0.2, 0) is 11.8 Å². The van der Waals surface area contributed by atoms with Gasteiger partial charge < -0.3 is 20.4 Å². The number of ether oxygens (including phenoxy) is 1. The number of carbonyl (C=O) groups excluding carboxylic acids is 1. The molecule has 1 aliphatic rings. The number of likely N-dealkylation sites (tertiary alicyclic amines) is 1. The highest BCUT2D eigenvalue weighted by atomic mass is 16.5. The molecule has 5 heterocycles. The maximum Gasteiger partial charge on any atom is 0.316 e. The predicted molar refractivity (Wildman–Crippen MR) is 156 cm³/mol. The Hall–Kier alpha value is -4.84. The zero-order valence-corrected chi connectivity index (χ0v) is 23.3. The van der Waals surface area contributed by atoms with E-state index < -0.39 is 0 Å². The quantitative estimate of drug-likeness (QED) is 0.261. The number of piperidine rings is 1. The fourth-order valence-electron chi connectivity index (χ4n) is 5.04. The van der Waals surface area contributed by atoms with E-state index in [1.165, 1.54) is 0 Å². The maximum absolute atomic E-state index is 13.0. The van der Waals surface area contributed by atoms with E-state index in [4.69, 9.17) is 9.72 Å². The third kappa shape index (κ3) is 5.87. The molecule has 12 nitrogen and oxygen atoms in total. The summed E-state index contributed by atoms with van der Waals surface area (Å²) < 4.78 is 7.67. The van der Waals surface area contributed by atoms with Crippen molar-refractivity contribution in [3.63, 3.8) is 0 Å². The fraction of sp³-hybridized carbons (Fsp3) is 0.310. The Labute approximate surface area is 237 Å². The van der Waals surface area contributed by atoms with Crippen LogP contribution in [0.5, 0.6) is 6.01 Å². The number of fused-ring (bicyclic) bond motifs is 1. The first kappa shape index (κ1) is 26.4. The van der Waals surface area contributed by atoms with E-state index in [1.54, 1.807) is 29.3 Å². The summed E-state index contributed by atoms with van der Waals surface area (Å²) in [6.45, 7) is 5.81. The van der Waals surface area contributed by atoms with Gasteiger partial charge in [-0.15, -0.1) is 0 Å². The van der Waals surface area contributed by atoms with Crippen LogP contribution in [0, 0.1) is 13.8 Å². The number of hydrogen-bond acceptors (Lipinski definition) is 9. The van der Waals surface area contributed by atoms with E-state index in [1.807, 2.05) is 51.4 Å². The number of para-hydroxylation sites is 1. The number of nitrogens with one attached hydrogen (secondary N) is 3. The molecule has 210 valence electrons. The van der Waals surface area contributed by atoms with Crippen LogP contribution in [0.25, 0.3) is 22.2 Å². The van der Waals surface area contributed by atoms with Gasteiger partial charge in [0.05, 0.1) is 23.4 Å². The highest BCUT2D eigenvalue weighted by molar-refractivity contribution is 6.06. The Morgan fingerprint density at radius 2 is 1.93 bits per heavy atom. The normalized spacial score (nSPS) is 14.3. The molecule has 0 bridgehead atoms. The van der Waals surface area contributed by atoms with Crippen molar-refractivity contribution in [3.05, 3.63) is 66.4 Å². The van der Waals surface area contributed by atoms with Gasteiger partial charge in [-0.25, -0.2) is 19.9 Å². The first-order valence-corrected chi connectivity index (χ1v) is 13.6. The molecule has 6 rings (SSSR count). The number of hydrogen-bond donors (Lipinski definition) is 3. The van der Waals surface area contributed by atoms with Gasteiger partial charge in [0.15, 0.2) is 5.82 Å². The maximum atomic E-state index is 13.0. The molecule has 0 saturated carbocycles. The molecule has 0 atom stereocenters. The van der Waals surface area contributed by atoms with Crippen molar-refractivity contribution in [2.24, 2.45) is 7.05 Å². The highest BCUT2D eigenvalue weighted by Gasteiger charge is 2.23. The van der Waals surface area contributed by atoms with Crippen molar-refractivity contribution in [2.45, 2.75) is 32.8 Å². The summed E-state index contributed by atoms with van der Waals surface area (Å²) in [5.74, 6) is 1.09. The molecular weight excluding hydrogens is 520 g/mol. The van der Waals surface area contributed by atoms with Gasteiger partial charge >= 0.3 is 6.01 Å². The van der Waals surface area contributed by atoms with Crippen molar-refractivity contribution in [1.29, 1.82) is 0 Å².